The van der Waals surface area contributed by atoms with Crippen molar-refractivity contribution in [2.75, 3.05) is 6.61 Å². The zero-order valence-electron chi connectivity index (χ0n) is 8.04. The van der Waals surface area contributed by atoms with E-state index < -0.39 is 0 Å². The number of fused-ring (bicyclic) bond motifs is 1. The van der Waals surface area contributed by atoms with Crippen molar-refractivity contribution in [3.63, 3.8) is 0 Å². The zero-order chi connectivity index (χ0) is 10.1. The summed E-state index contributed by atoms with van der Waals surface area (Å²) in [5.41, 5.74) is 1.48. The third-order valence-corrected chi connectivity index (χ3v) is 2.39. The zero-order valence-corrected chi connectivity index (χ0v) is 8.04. The number of phenols is 1. The van der Waals surface area contributed by atoms with Gasteiger partial charge in [-0.1, -0.05) is 0 Å². The lowest BCUT2D eigenvalue weighted by molar-refractivity contribution is 0.101. The van der Waals surface area contributed by atoms with Crippen molar-refractivity contribution in [3.8, 4) is 11.5 Å². The van der Waals surface area contributed by atoms with Gasteiger partial charge >= 0.3 is 0 Å². The van der Waals surface area contributed by atoms with E-state index in [1.165, 1.54) is 13.0 Å². The van der Waals surface area contributed by atoms with Crippen LogP contribution in [-0.4, -0.2) is 17.5 Å². The van der Waals surface area contributed by atoms with Gasteiger partial charge in [0.15, 0.2) is 17.3 Å². The average molecular weight is 192 g/mol. The number of aryl methyl sites for hydroxylation is 1. The van der Waals surface area contributed by atoms with Gasteiger partial charge in [0.25, 0.3) is 0 Å². The molecule has 0 amide bonds. The Hall–Kier alpha value is -1.51. The van der Waals surface area contributed by atoms with Crippen molar-refractivity contribution in [2.24, 2.45) is 0 Å². The quantitative estimate of drug-likeness (QED) is 0.691. The van der Waals surface area contributed by atoms with E-state index in [1.54, 1.807) is 6.07 Å². The van der Waals surface area contributed by atoms with Crippen LogP contribution in [0, 0.1) is 0 Å². The Morgan fingerprint density at radius 1 is 1.50 bits per heavy atom. The molecule has 14 heavy (non-hydrogen) atoms. The fraction of sp³-hybridized carbons (Fsp3) is 0.364. The summed E-state index contributed by atoms with van der Waals surface area (Å²) in [6.07, 6.45) is 1.80. The monoisotopic (exact) mass is 192 g/mol. The van der Waals surface area contributed by atoms with Crippen LogP contribution in [0.2, 0.25) is 0 Å². The average Bonchev–Trinajstić information content (AvgIpc) is 2.17. The van der Waals surface area contributed by atoms with Gasteiger partial charge in [-0.3, -0.25) is 4.79 Å². The van der Waals surface area contributed by atoms with Crippen molar-refractivity contribution >= 4 is 5.78 Å². The van der Waals surface area contributed by atoms with Gasteiger partial charge in [-0.25, -0.2) is 0 Å². The van der Waals surface area contributed by atoms with E-state index in [1.807, 2.05) is 0 Å². The van der Waals surface area contributed by atoms with E-state index in [4.69, 9.17) is 4.74 Å². The summed E-state index contributed by atoms with van der Waals surface area (Å²) in [6, 6.07) is 3.27. The first kappa shape index (κ1) is 9.06. The first-order valence-electron chi connectivity index (χ1n) is 4.68. The maximum absolute atomic E-state index is 11.1. The highest BCUT2D eigenvalue weighted by atomic mass is 16.5. The lowest BCUT2D eigenvalue weighted by Crippen LogP contribution is -2.09. The molecule has 1 heterocycles. The number of Topliss-reactive ketones (excluding diaryl/α,β-unsaturated/α-hetero) is 1. The van der Waals surface area contributed by atoms with Gasteiger partial charge in [0.2, 0.25) is 0 Å². The fourth-order valence-electron chi connectivity index (χ4n) is 1.66. The number of phenolic OH excluding ortho intramolecular Hbond substituents is 1. The van der Waals surface area contributed by atoms with Crippen LogP contribution in [0.4, 0.5) is 0 Å². The number of rotatable bonds is 1. The maximum atomic E-state index is 11.1. The summed E-state index contributed by atoms with van der Waals surface area (Å²) in [5, 5.41) is 9.61. The summed E-state index contributed by atoms with van der Waals surface area (Å²) < 4.78 is 5.33. The number of ether oxygens (including phenoxy) is 1. The minimum absolute atomic E-state index is 0.0336. The first-order valence-corrected chi connectivity index (χ1v) is 4.68. The largest absolute Gasteiger partial charge is 0.504 e. The highest BCUT2D eigenvalue weighted by molar-refractivity contribution is 5.95. The number of aromatic hydroxyl groups is 1. The number of carbonyl (C=O) groups excluding carboxylic acids is 1. The highest BCUT2D eigenvalue weighted by Gasteiger charge is 2.16. The number of benzene rings is 1. The third kappa shape index (κ3) is 1.45. The van der Waals surface area contributed by atoms with E-state index >= 15 is 0 Å². The van der Waals surface area contributed by atoms with E-state index in [2.05, 4.69) is 0 Å². The normalized spacial score (nSPS) is 14.4. The first-order chi connectivity index (χ1) is 6.68. The van der Waals surface area contributed by atoms with Crippen LogP contribution in [-0.2, 0) is 6.42 Å². The molecule has 0 saturated heterocycles. The second-order valence-electron chi connectivity index (χ2n) is 3.49. The summed E-state index contributed by atoms with van der Waals surface area (Å²) in [4.78, 5) is 11.1. The van der Waals surface area contributed by atoms with Crippen molar-refractivity contribution in [3.05, 3.63) is 23.3 Å². The van der Waals surface area contributed by atoms with Crippen LogP contribution in [0.25, 0.3) is 0 Å². The Kier molecular flexibility index (Phi) is 2.15. The molecule has 0 radical (unpaired) electrons. The molecule has 1 aliphatic heterocycles. The molecule has 0 saturated carbocycles. The van der Waals surface area contributed by atoms with Gasteiger partial charge in [0.05, 0.1) is 6.61 Å². The Labute approximate surface area is 82.3 Å². The van der Waals surface area contributed by atoms with Crippen LogP contribution in [0.5, 0.6) is 11.5 Å². The molecule has 0 aliphatic carbocycles. The SMILES string of the molecule is CC(=O)c1cc(O)c2c(c1)CCCO2. The van der Waals surface area contributed by atoms with Gasteiger partial charge in [-0.2, -0.15) is 0 Å². The second kappa shape index (κ2) is 3.33. The molecule has 0 atom stereocenters. The molecule has 1 aliphatic rings. The number of hydrogen-bond donors (Lipinski definition) is 1. The molecule has 1 N–H and O–H groups in total. The maximum Gasteiger partial charge on any atom is 0.164 e. The standard InChI is InChI=1S/C11H12O3/c1-7(12)9-5-8-3-2-4-14-11(8)10(13)6-9/h5-6,13H,2-4H2,1H3. The van der Waals surface area contributed by atoms with Gasteiger partial charge < -0.3 is 9.84 Å². The molecule has 74 valence electrons. The Morgan fingerprint density at radius 3 is 3.00 bits per heavy atom. The fourth-order valence-corrected chi connectivity index (χ4v) is 1.66. The molecular weight excluding hydrogens is 180 g/mol. The van der Waals surface area contributed by atoms with Gasteiger partial charge in [-0.05, 0) is 37.5 Å². The van der Waals surface area contributed by atoms with Crippen molar-refractivity contribution < 1.29 is 14.6 Å². The van der Waals surface area contributed by atoms with Crippen LogP contribution in [0.1, 0.15) is 29.3 Å². The van der Waals surface area contributed by atoms with Crippen LogP contribution in [0.3, 0.4) is 0 Å². The van der Waals surface area contributed by atoms with Crippen molar-refractivity contribution in [2.45, 2.75) is 19.8 Å². The Balaban J connectivity index is 2.51. The molecular formula is C11H12O3. The van der Waals surface area contributed by atoms with E-state index in [-0.39, 0.29) is 11.5 Å². The highest BCUT2D eigenvalue weighted by Crippen LogP contribution is 2.35. The molecule has 1 aromatic carbocycles. The molecule has 3 heteroatoms. The van der Waals surface area contributed by atoms with E-state index in [0.717, 1.165) is 18.4 Å². The Morgan fingerprint density at radius 2 is 2.29 bits per heavy atom. The molecule has 0 spiro atoms. The van der Waals surface area contributed by atoms with Crippen LogP contribution >= 0.6 is 0 Å². The van der Waals surface area contributed by atoms with Crippen molar-refractivity contribution in [1.82, 2.24) is 0 Å². The van der Waals surface area contributed by atoms with Gasteiger partial charge in [0.1, 0.15) is 0 Å². The smallest absolute Gasteiger partial charge is 0.164 e. The lowest BCUT2D eigenvalue weighted by atomic mass is 10.0. The lowest BCUT2D eigenvalue weighted by Gasteiger charge is -2.18. The van der Waals surface area contributed by atoms with Crippen molar-refractivity contribution in [1.29, 1.82) is 0 Å². The van der Waals surface area contributed by atoms with Gasteiger partial charge in [0, 0.05) is 5.56 Å². The summed E-state index contributed by atoms with van der Waals surface area (Å²) >= 11 is 0. The van der Waals surface area contributed by atoms with Crippen LogP contribution in [0.15, 0.2) is 12.1 Å². The molecule has 3 nitrogen and oxygen atoms in total. The third-order valence-electron chi connectivity index (χ3n) is 2.39. The molecule has 0 fully saturated rings. The second-order valence-corrected chi connectivity index (χ2v) is 3.49. The topological polar surface area (TPSA) is 46.5 Å². The predicted octanol–water partition coefficient (Wildman–Crippen LogP) is 1.92. The molecule has 1 aromatic rings. The molecule has 0 aromatic heterocycles. The number of hydrogen-bond acceptors (Lipinski definition) is 3. The van der Waals surface area contributed by atoms with E-state index in [9.17, 15) is 9.90 Å². The summed E-state index contributed by atoms with van der Waals surface area (Å²) in [6.45, 7) is 2.13. The minimum Gasteiger partial charge on any atom is -0.504 e. The number of ketones is 1. The molecule has 2 rings (SSSR count). The minimum atomic E-state index is -0.0336. The summed E-state index contributed by atoms with van der Waals surface area (Å²) in [5.74, 6) is 0.585. The molecule has 0 bridgehead atoms. The van der Waals surface area contributed by atoms with E-state index in [0.29, 0.717) is 17.9 Å². The predicted molar refractivity (Wildman–Crippen MR) is 51.9 cm³/mol. The summed E-state index contributed by atoms with van der Waals surface area (Å²) in [7, 11) is 0. The Bertz CT molecular complexity index is 382. The molecule has 0 unspecified atom stereocenters. The van der Waals surface area contributed by atoms with Gasteiger partial charge in [-0.15, -0.1) is 0 Å². The number of carbonyl (C=O) groups is 1. The van der Waals surface area contributed by atoms with Crippen LogP contribution < -0.4 is 4.74 Å².